The van der Waals surface area contributed by atoms with Gasteiger partial charge in [0, 0.05) is 19.6 Å². The van der Waals surface area contributed by atoms with Crippen molar-refractivity contribution in [2.45, 2.75) is 52.2 Å². The molecule has 0 aromatic carbocycles. The molecule has 21 heavy (non-hydrogen) atoms. The first-order valence-corrected chi connectivity index (χ1v) is 8.04. The molecule has 1 aliphatic heterocycles. The van der Waals surface area contributed by atoms with Crippen molar-refractivity contribution in [3.63, 3.8) is 0 Å². The smallest absolute Gasteiger partial charge is 0.0900 e. The van der Waals surface area contributed by atoms with Gasteiger partial charge >= 0.3 is 0 Å². The summed E-state index contributed by atoms with van der Waals surface area (Å²) in [4.78, 5) is 2.25. The zero-order valence-electron chi connectivity index (χ0n) is 13.7. The van der Waals surface area contributed by atoms with Crippen LogP contribution in [0, 0.1) is 11.3 Å². The van der Waals surface area contributed by atoms with Gasteiger partial charge in [0.1, 0.15) is 0 Å². The molecule has 0 aromatic heterocycles. The molecule has 1 saturated heterocycles. The van der Waals surface area contributed by atoms with Crippen molar-refractivity contribution in [2.75, 3.05) is 39.5 Å². The maximum Gasteiger partial charge on any atom is 0.0900 e. The van der Waals surface area contributed by atoms with Crippen LogP contribution in [0.3, 0.4) is 0 Å². The number of halogens is 1. The van der Waals surface area contributed by atoms with Gasteiger partial charge in [0.05, 0.1) is 32.0 Å². The SMILES string of the molecule is CC1CC(OCC(O)CN2CCOCC2)CC(C)(C)C1.Cl. The highest BCUT2D eigenvalue weighted by Gasteiger charge is 2.32. The summed E-state index contributed by atoms with van der Waals surface area (Å²) < 4.78 is 11.3. The summed E-state index contributed by atoms with van der Waals surface area (Å²) in [5, 5.41) is 10.1. The molecule has 0 radical (unpaired) electrons. The van der Waals surface area contributed by atoms with Crippen LogP contribution in [0.25, 0.3) is 0 Å². The maximum atomic E-state index is 10.1. The van der Waals surface area contributed by atoms with Crippen molar-refractivity contribution in [3.05, 3.63) is 0 Å². The summed E-state index contributed by atoms with van der Waals surface area (Å²) in [7, 11) is 0. The van der Waals surface area contributed by atoms with Gasteiger partial charge in [-0.3, -0.25) is 4.90 Å². The van der Waals surface area contributed by atoms with Crippen molar-refractivity contribution < 1.29 is 14.6 Å². The molecule has 2 fully saturated rings. The highest BCUT2D eigenvalue weighted by molar-refractivity contribution is 5.85. The van der Waals surface area contributed by atoms with E-state index in [1.807, 2.05) is 0 Å². The third-order valence-electron chi connectivity index (χ3n) is 4.44. The van der Waals surface area contributed by atoms with Crippen LogP contribution < -0.4 is 0 Å². The normalized spacial score (nSPS) is 31.4. The lowest BCUT2D eigenvalue weighted by Gasteiger charge is -2.39. The number of nitrogens with zero attached hydrogens (tertiary/aromatic N) is 1. The Morgan fingerprint density at radius 2 is 1.95 bits per heavy atom. The minimum absolute atomic E-state index is 0. The van der Waals surface area contributed by atoms with Gasteiger partial charge in [-0.05, 0) is 30.6 Å². The van der Waals surface area contributed by atoms with E-state index in [0.717, 1.165) is 45.1 Å². The fourth-order valence-electron chi connectivity index (χ4n) is 3.77. The van der Waals surface area contributed by atoms with Gasteiger partial charge in [0.2, 0.25) is 0 Å². The molecule has 3 unspecified atom stereocenters. The van der Waals surface area contributed by atoms with Gasteiger partial charge in [-0.2, -0.15) is 0 Å². The van der Waals surface area contributed by atoms with E-state index in [4.69, 9.17) is 9.47 Å². The Labute approximate surface area is 135 Å². The largest absolute Gasteiger partial charge is 0.389 e. The van der Waals surface area contributed by atoms with Gasteiger partial charge in [-0.25, -0.2) is 0 Å². The van der Waals surface area contributed by atoms with Crippen LogP contribution in [0.4, 0.5) is 0 Å². The summed E-state index contributed by atoms with van der Waals surface area (Å²) in [6.07, 6.45) is 3.46. The first-order valence-electron chi connectivity index (χ1n) is 8.04. The molecule has 0 aromatic rings. The molecule has 2 aliphatic rings. The Hall–Kier alpha value is 0.130. The molecule has 0 amide bonds. The van der Waals surface area contributed by atoms with E-state index in [1.54, 1.807) is 0 Å². The molecule has 1 saturated carbocycles. The predicted octanol–water partition coefficient (Wildman–Crippen LogP) is 2.33. The van der Waals surface area contributed by atoms with Crippen molar-refractivity contribution in [3.8, 4) is 0 Å². The van der Waals surface area contributed by atoms with E-state index in [0.29, 0.717) is 24.7 Å². The Morgan fingerprint density at radius 3 is 2.57 bits per heavy atom. The summed E-state index contributed by atoms with van der Waals surface area (Å²) in [5.74, 6) is 0.722. The van der Waals surface area contributed by atoms with Crippen LogP contribution in [0.15, 0.2) is 0 Å². The molecule has 4 nitrogen and oxygen atoms in total. The quantitative estimate of drug-likeness (QED) is 0.844. The van der Waals surface area contributed by atoms with E-state index >= 15 is 0 Å². The third kappa shape index (κ3) is 6.83. The van der Waals surface area contributed by atoms with Crippen LogP contribution in [0.1, 0.15) is 40.0 Å². The van der Waals surface area contributed by atoms with E-state index in [-0.39, 0.29) is 18.5 Å². The minimum Gasteiger partial charge on any atom is -0.389 e. The lowest BCUT2D eigenvalue weighted by Crippen LogP contribution is -2.43. The van der Waals surface area contributed by atoms with Crippen LogP contribution >= 0.6 is 12.4 Å². The second kappa shape index (κ2) is 8.68. The minimum atomic E-state index is -0.381. The molecule has 2 rings (SSSR count). The standard InChI is InChI=1S/C16H31NO3.ClH/c1-13-8-15(10-16(2,3)9-13)20-12-14(18)11-17-4-6-19-7-5-17;/h13-15,18H,4-12H2,1-3H3;1H. The van der Waals surface area contributed by atoms with Gasteiger partial charge in [-0.15, -0.1) is 12.4 Å². The summed E-state index contributed by atoms with van der Waals surface area (Å²) in [6.45, 7) is 11.5. The van der Waals surface area contributed by atoms with Crippen LogP contribution in [-0.4, -0.2) is 61.7 Å². The number of rotatable bonds is 5. The topological polar surface area (TPSA) is 41.9 Å². The zero-order chi connectivity index (χ0) is 14.6. The van der Waals surface area contributed by atoms with E-state index in [2.05, 4.69) is 25.7 Å². The number of morpholine rings is 1. The molecule has 3 atom stereocenters. The van der Waals surface area contributed by atoms with Crippen molar-refractivity contribution in [1.29, 1.82) is 0 Å². The number of hydrogen-bond acceptors (Lipinski definition) is 4. The maximum absolute atomic E-state index is 10.1. The number of aliphatic hydroxyl groups excluding tert-OH is 1. The highest BCUT2D eigenvalue weighted by atomic mass is 35.5. The first kappa shape index (κ1) is 19.2. The number of ether oxygens (including phenoxy) is 2. The van der Waals surface area contributed by atoms with Crippen molar-refractivity contribution in [2.24, 2.45) is 11.3 Å². The van der Waals surface area contributed by atoms with Gasteiger partial charge in [-0.1, -0.05) is 20.8 Å². The van der Waals surface area contributed by atoms with Crippen molar-refractivity contribution in [1.82, 2.24) is 4.90 Å². The predicted molar refractivity (Wildman–Crippen MR) is 87.0 cm³/mol. The van der Waals surface area contributed by atoms with Gasteiger partial charge < -0.3 is 14.6 Å². The summed E-state index contributed by atoms with van der Waals surface area (Å²) in [6, 6.07) is 0. The fourth-order valence-corrected chi connectivity index (χ4v) is 3.77. The molecule has 1 N–H and O–H groups in total. The molecule has 1 aliphatic carbocycles. The summed E-state index contributed by atoms with van der Waals surface area (Å²) in [5.41, 5.74) is 0.373. The van der Waals surface area contributed by atoms with Crippen LogP contribution in [-0.2, 0) is 9.47 Å². The lowest BCUT2D eigenvalue weighted by molar-refractivity contribution is -0.0670. The Kier molecular flexibility index (Phi) is 7.93. The Morgan fingerprint density at radius 1 is 1.29 bits per heavy atom. The number of hydrogen-bond donors (Lipinski definition) is 1. The van der Waals surface area contributed by atoms with Gasteiger partial charge in [0.15, 0.2) is 0 Å². The molecular weight excluding hydrogens is 290 g/mol. The molecule has 126 valence electrons. The lowest BCUT2D eigenvalue weighted by atomic mass is 9.71. The second-order valence-corrected chi connectivity index (χ2v) is 7.44. The average molecular weight is 322 g/mol. The van der Waals surface area contributed by atoms with Gasteiger partial charge in [0.25, 0.3) is 0 Å². The fraction of sp³-hybridized carbons (Fsp3) is 1.00. The molecule has 0 bridgehead atoms. The Balaban J connectivity index is 0.00000220. The molecule has 5 heteroatoms. The molecule has 1 heterocycles. The third-order valence-corrected chi connectivity index (χ3v) is 4.44. The Bertz CT molecular complexity index is 295. The van der Waals surface area contributed by atoms with Crippen molar-refractivity contribution >= 4 is 12.4 Å². The monoisotopic (exact) mass is 321 g/mol. The van der Waals surface area contributed by atoms with E-state index < -0.39 is 0 Å². The number of aliphatic hydroxyl groups is 1. The number of β-amino-alcohol motifs (C(OH)–C–C–N with tert-alkyl or cyclic N) is 1. The second-order valence-electron chi connectivity index (χ2n) is 7.44. The molecule has 0 spiro atoms. The average Bonchev–Trinajstić information content (AvgIpc) is 2.35. The van der Waals surface area contributed by atoms with Crippen LogP contribution in [0.5, 0.6) is 0 Å². The van der Waals surface area contributed by atoms with E-state index in [9.17, 15) is 5.11 Å². The highest BCUT2D eigenvalue weighted by Crippen LogP contribution is 2.39. The summed E-state index contributed by atoms with van der Waals surface area (Å²) >= 11 is 0. The van der Waals surface area contributed by atoms with Crippen LogP contribution in [0.2, 0.25) is 0 Å². The zero-order valence-corrected chi connectivity index (χ0v) is 14.5. The van der Waals surface area contributed by atoms with E-state index in [1.165, 1.54) is 6.42 Å². The molecular formula is C16H32ClNO3. The first-order chi connectivity index (χ1) is 9.44.